The van der Waals surface area contributed by atoms with E-state index in [2.05, 4.69) is 20.3 Å². The van der Waals surface area contributed by atoms with Crippen LogP contribution in [0, 0.1) is 6.92 Å². The van der Waals surface area contributed by atoms with Gasteiger partial charge in [-0.25, -0.2) is 4.98 Å². The summed E-state index contributed by atoms with van der Waals surface area (Å²) in [5.74, 6) is 0.388. The fourth-order valence-electron chi connectivity index (χ4n) is 2.75. The highest BCUT2D eigenvalue weighted by molar-refractivity contribution is 8.13. The minimum atomic E-state index is -0.714. The Labute approximate surface area is 155 Å². The molecule has 0 bridgehead atoms. The van der Waals surface area contributed by atoms with Gasteiger partial charge in [0.2, 0.25) is 0 Å². The number of carbonyl (C=O) groups is 1. The number of hydrogen-bond donors (Lipinski definition) is 2. The van der Waals surface area contributed by atoms with Gasteiger partial charge in [0.25, 0.3) is 11.5 Å². The van der Waals surface area contributed by atoms with Crippen molar-refractivity contribution in [2.45, 2.75) is 25.8 Å². The quantitative estimate of drug-likeness (QED) is 0.841. The number of thioether (sulfide) groups is 1. The second-order valence-electron chi connectivity index (χ2n) is 6.38. The van der Waals surface area contributed by atoms with Crippen molar-refractivity contribution in [3.05, 3.63) is 52.0 Å². The number of hydrogen-bond acceptors (Lipinski definition) is 7. The van der Waals surface area contributed by atoms with Gasteiger partial charge in [-0.05, 0) is 26.3 Å². The lowest BCUT2D eigenvalue weighted by Crippen LogP contribution is -2.36. The summed E-state index contributed by atoms with van der Waals surface area (Å²) < 4.78 is 1.43. The van der Waals surface area contributed by atoms with Crippen LogP contribution in [0.25, 0.3) is 0 Å². The number of aryl methyl sites for hydroxylation is 2. The number of aliphatic imine (C=N–C) groups is 1. The number of pyridine rings is 1. The van der Waals surface area contributed by atoms with Crippen LogP contribution in [0.15, 0.2) is 34.4 Å². The SMILES string of the molecule is Cc1cnc(C(=O)Nc2cc([C@]3(C)CCSC(N)=N3)c(=O)n(C)c2)cn1. The molecule has 1 aliphatic heterocycles. The monoisotopic (exact) mass is 372 g/mol. The van der Waals surface area contributed by atoms with Crippen molar-refractivity contribution in [1.82, 2.24) is 14.5 Å². The number of amides is 1. The second-order valence-corrected chi connectivity index (χ2v) is 7.49. The third kappa shape index (κ3) is 3.62. The van der Waals surface area contributed by atoms with Crippen LogP contribution in [0.2, 0.25) is 0 Å². The Bertz CT molecular complexity index is 937. The molecule has 0 spiro atoms. The zero-order chi connectivity index (χ0) is 18.9. The average Bonchev–Trinajstić information content (AvgIpc) is 2.58. The standard InChI is InChI=1S/C17H20N6O2S/c1-10-7-20-13(8-19-10)14(24)21-11-6-12(15(25)23(3)9-11)17(2)4-5-26-16(18)22-17/h6-9H,4-5H2,1-3H3,(H2,18,22)(H,21,24)/t17-/m0/s1. The van der Waals surface area contributed by atoms with Gasteiger partial charge in [-0.2, -0.15) is 0 Å². The smallest absolute Gasteiger partial charge is 0.275 e. The van der Waals surface area contributed by atoms with Gasteiger partial charge < -0.3 is 15.6 Å². The zero-order valence-electron chi connectivity index (χ0n) is 14.8. The minimum absolute atomic E-state index is 0.163. The maximum Gasteiger partial charge on any atom is 0.275 e. The Balaban J connectivity index is 1.96. The van der Waals surface area contributed by atoms with Crippen LogP contribution in [-0.4, -0.2) is 31.4 Å². The van der Waals surface area contributed by atoms with Gasteiger partial charge in [0, 0.05) is 30.8 Å². The summed E-state index contributed by atoms with van der Waals surface area (Å²) in [6.45, 7) is 3.68. The molecule has 0 aromatic carbocycles. The Morgan fingerprint density at radius 2 is 2.15 bits per heavy atom. The van der Waals surface area contributed by atoms with E-state index in [1.54, 1.807) is 26.2 Å². The Morgan fingerprint density at radius 1 is 1.38 bits per heavy atom. The predicted molar refractivity (Wildman–Crippen MR) is 102 cm³/mol. The number of amidine groups is 1. The molecule has 0 saturated carbocycles. The molecule has 0 unspecified atom stereocenters. The predicted octanol–water partition coefficient (Wildman–Crippen LogP) is 1.40. The van der Waals surface area contributed by atoms with E-state index in [1.165, 1.54) is 28.7 Å². The van der Waals surface area contributed by atoms with E-state index in [0.29, 0.717) is 22.8 Å². The second kappa shape index (κ2) is 6.91. The average molecular weight is 372 g/mol. The lowest BCUT2D eigenvalue weighted by molar-refractivity contribution is 0.102. The van der Waals surface area contributed by atoms with Crippen LogP contribution in [0.4, 0.5) is 5.69 Å². The molecule has 26 heavy (non-hydrogen) atoms. The maximum absolute atomic E-state index is 12.6. The van der Waals surface area contributed by atoms with Crippen LogP contribution in [0.5, 0.6) is 0 Å². The Morgan fingerprint density at radius 3 is 2.81 bits per heavy atom. The third-order valence-corrected chi connectivity index (χ3v) is 5.03. The molecule has 0 aliphatic carbocycles. The first-order chi connectivity index (χ1) is 12.3. The number of carbonyl (C=O) groups excluding carboxylic acids is 1. The molecule has 0 radical (unpaired) electrons. The summed E-state index contributed by atoms with van der Waals surface area (Å²) in [7, 11) is 1.64. The van der Waals surface area contributed by atoms with Crippen LogP contribution in [0.1, 0.15) is 35.1 Å². The van der Waals surface area contributed by atoms with Crippen LogP contribution in [-0.2, 0) is 12.6 Å². The number of nitrogens with zero attached hydrogens (tertiary/aromatic N) is 4. The normalized spacial score (nSPS) is 19.7. The first kappa shape index (κ1) is 18.1. The topological polar surface area (TPSA) is 115 Å². The summed E-state index contributed by atoms with van der Waals surface area (Å²) in [5.41, 5.74) is 6.90. The molecule has 8 nitrogen and oxygen atoms in total. The number of nitrogens with two attached hydrogens (primary N) is 1. The van der Waals surface area contributed by atoms with E-state index < -0.39 is 11.4 Å². The molecule has 1 aliphatic rings. The Kier molecular flexibility index (Phi) is 4.82. The van der Waals surface area contributed by atoms with Crippen molar-refractivity contribution in [3.8, 4) is 0 Å². The number of rotatable bonds is 3. The molecule has 136 valence electrons. The van der Waals surface area contributed by atoms with Crippen LogP contribution < -0.4 is 16.6 Å². The van der Waals surface area contributed by atoms with E-state index >= 15 is 0 Å². The highest BCUT2D eigenvalue weighted by atomic mass is 32.2. The van der Waals surface area contributed by atoms with E-state index in [1.807, 2.05) is 6.92 Å². The van der Waals surface area contributed by atoms with Crippen molar-refractivity contribution in [3.63, 3.8) is 0 Å². The molecule has 3 N–H and O–H groups in total. The largest absolute Gasteiger partial charge is 0.379 e. The van der Waals surface area contributed by atoms with E-state index in [-0.39, 0.29) is 11.3 Å². The fourth-order valence-corrected chi connectivity index (χ4v) is 3.73. The van der Waals surface area contributed by atoms with Crippen molar-refractivity contribution in [1.29, 1.82) is 0 Å². The molecule has 0 saturated heterocycles. The maximum atomic E-state index is 12.6. The molecular weight excluding hydrogens is 352 g/mol. The first-order valence-electron chi connectivity index (χ1n) is 8.08. The first-order valence-corrected chi connectivity index (χ1v) is 9.06. The Hall–Kier alpha value is -2.68. The highest BCUT2D eigenvalue weighted by Gasteiger charge is 2.32. The molecule has 9 heteroatoms. The fraction of sp³-hybridized carbons (Fsp3) is 0.353. The van der Waals surface area contributed by atoms with Gasteiger partial charge in [0.1, 0.15) is 5.69 Å². The lowest BCUT2D eigenvalue weighted by Gasteiger charge is -2.29. The van der Waals surface area contributed by atoms with Crippen LogP contribution >= 0.6 is 11.8 Å². The van der Waals surface area contributed by atoms with Gasteiger partial charge in [-0.3, -0.25) is 19.6 Å². The van der Waals surface area contributed by atoms with Crippen molar-refractivity contribution in [2.24, 2.45) is 17.8 Å². The van der Waals surface area contributed by atoms with E-state index in [9.17, 15) is 9.59 Å². The third-order valence-electron chi connectivity index (χ3n) is 4.23. The molecule has 1 atom stereocenters. The molecule has 2 aromatic rings. The van der Waals surface area contributed by atoms with Gasteiger partial charge in [0.05, 0.1) is 23.1 Å². The lowest BCUT2D eigenvalue weighted by atomic mass is 9.90. The molecule has 3 heterocycles. The van der Waals surface area contributed by atoms with Crippen LogP contribution in [0.3, 0.4) is 0 Å². The summed E-state index contributed by atoms with van der Waals surface area (Å²) in [6, 6.07) is 1.66. The van der Waals surface area contributed by atoms with Crippen molar-refractivity contribution < 1.29 is 4.79 Å². The zero-order valence-corrected chi connectivity index (χ0v) is 15.6. The molecule has 2 aromatic heterocycles. The van der Waals surface area contributed by atoms with Crippen molar-refractivity contribution >= 4 is 28.5 Å². The number of anilines is 1. The van der Waals surface area contributed by atoms with Crippen molar-refractivity contribution in [2.75, 3.05) is 11.1 Å². The van der Waals surface area contributed by atoms with E-state index in [4.69, 9.17) is 5.73 Å². The van der Waals surface area contributed by atoms with Gasteiger partial charge in [0.15, 0.2) is 5.17 Å². The minimum Gasteiger partial charge on any atom is -0.379 e. The van der Waals surface area contributed by atoms with Gasteiger partial charge in [-0.15, -0.1) is 0 Å². The molecule has 1 amide bonds. The number of nitrogens with one attached hydrogen (secondary N) is 1. The van der Waals surface area contributed by atoms with Gasteiger partial charge >= 0.3 is 0 Å². The molecule has 3 rings (SSSR count). The molecule has 0 fully saturated rings. The highest BCUT2D eigenvalue weighted by Crippen LogP contribution is 2.34. The summed E-state index contributed by atoms with van der Waals surface area (Å²) in [5, 5.41) is 3.23. The van der Waals surface area contributed by atoms with Gasteiger partial charge in [-0.1, -0.05) is 11.8 Å². The number of aromatic nitrogens is 3. The summed E-state index contributed by atoms with van der Waals surface area (Å²) >= 11 is 1.47. The van der Waals surface area contributed by atoms with E-state index in [0.717, 1.165) is 11.4 Å². The summed E-state index contributed by atoms with van der Waals surface area (Å²) in [6.07, 6.45) is 5.20. The molecular formula is C17H20N6O2S. The summed E-state index contributed by atoms with van der Waals surface area (Å²) in [4.78, 5) is 37.6.